The standard InChI is InChI=1S/C19H28N6O7/c20-12(8-10-3-5-11(26)6-4-10)16(29)25-14(9-15(27)28)17(30)24-13(18(31)32)2-1-7-23-19(21)22/h3-6,12-14,26H,1-2,7-9,20H2,(H,24,30)(H,25,29)(H,27,28)(H,31,32)(H4,21,22,23). The largest absolute Gasteiger partial charge is 0.508 e. The van der Waals surface area contributed by atoms with E-state index in [1.165, 1.54) is 12.1 Å². The van der Waals surface area contributed by atoms with Gasteiger partial charge in [0.2, 0.25) is 11.8 Å². The maximum Gasteiger partial charge on any atom is 0.326 e. The van der Waals surface area contributed by atoms with Crippen LogP contribution in [0.25, 0.3) is 0 Å². The topological polar surface area (TPSA) is 243 Å². The van der Waals surface area contributed by atoms with Crippen LogP contribution in [0, 0.1) is 0 Å². The van der Waals surface area contributed by atoms with Crippen LogP contribution >= 0.6 is 0 Å². The maximum absolute atomic E-state index is 12.5. The number of aliphatic imine (C=N–C) groups is 1. The molecule has 0 saturated heterocycles. The monoisotopic (exact) mass is 452 g/mol. The third-order valence-electron chi connectivity index (χ3n) is 4.30. The lowest BCUT2D eigenvalue weighted by molar-refractivity contribution is -0.143. The average Bonchev–Trinajstić information content (AvgIpc) is 2.70. The predicted octanol–water partition coefficient (Wildman–Crippen LogP) is -2.16. The molecule has 32 heavy (non-hydrogen) atoms. The summed E-state index contributed by atoms with van der Waals surface area (Å²) in [7, 11) is 0. The van der Waals surface area contributed by atoms with E-state index in [0.717, 1.165) is 0 Å². The van der Waals surface area contributed by atoms with Crippen molar-refractivity contribution in [1.29, 1.82) is 0 Å². The number of amides is 2. The number of nitrogens with two attached hydrogens (primary N) is 3. The lowest BCUT2D eigenvalue weighted by Gasteiger charge is -2.22. The number of phenolic OH excluding ortho intramolecular Hbond substituents is 1. The number of carbonyl (C=O) groups is 4. The van der Waals surface area contributed by atoms with Gasteiger partial charge in [0.25, 0.3) is 0 Å². The molecule has 3 atom stereocenters. The Labute approximate surface area is 183 Å². The second-order valence-corrected chi connectivity index (χ2v) is 6.98. The summed E-state index contributed by atoms with van der Waals surface area (Å²) < 4.78 is 0. The van der Waals surface area contributed by atoms with E-state index < -0.39 is 48.3 Å². The molecule has 0 heterocycles. The summed E-state index contributed by atoms with van der Waals surface area (Å²) in [5.41, 5.74) is 16.8. The van der Waals surface area contributed by atoms with E-state index in [9.17, 15) is 29.4 Å². The van der Waals surface area contributed by atoms with Gasteiger partial charge in [0.1, 0.15) is 17.8 Å². The third-order valence-corrected chi connectivity index (χ3v) is 4.30. The van der Waals surface area contributed by atoms with Crippen molar-refractivity contribution >= 4 is 29.7 Å². The Kier molecular flexibility index (Phi) is 10.4. The van der Waals surface area contributed by atoms with Crippen LogP contribution in [0.1, 0.15) is 24.8 Å². The van der Waals surface area contributed by atoms with Gasteiger partial charge in [-0.2, -0.15) is 0 Å². The van der Waals surface area contributed by atoms with Crippen molar-refractivity contribution in [3.8, 4) is 5.75 Å². The Balaban J connectivity index is 2.77. The summed E-state index contributed by atoms with van der Waals surface area (Å²) in [6.45, 7) is 0.142. The maximum atomic E-state index is 12.5. The summed E-state index contributed by atoms with van der Waals surface area (Å²) in [5, 5.41) is 32.1. The normalized spacial score (nSPS) is 13.3. The van der Waals surface area contributed by atoms with Crippen molar-refractivity contribution in [3.63, 3.8) is 0 Å². The highest BCUT2D eigenvalue weighted by atomic mass is 16.4. The van der Waals surface area contributed by atoms with Crippen LogP contribution in [0.15, 0.2) is 29.3 Å². The van der Waals surface area contributed by atoms with Gasteiger partial charge in [-0.15, -0.1) is 0 Å². The summed E-state index contributed by atoms with van der Waals surface area (Å²) in [6, 6.07) is 1.96. The lowest BCUT2D eigenvalue weighted by atomic mass is 10.0. The van der Waals surface area contributed by atoms with Crippen molar-refractivity contribution in [2.45, 2.75) is 43.8 Å². The van der Waals surface area contributed by atoms with Gasteiger partial charge >= 0.3 is 11.9 Å². The molecule has 0 saturated carbocycles. The molecule has 11 N–H and O–H groups in total. The fraction of sp³-hybridized carbons (Fsp3) is 0.421. The first-order chi connectivity index (χ1) is 15.0. The zero-order valence-electron chi connectivity index (χ0n) is 17.2. The molecule has 176 valence electrons. The number of hydrogen-bond acceptors (Lipinski definition) is 7. The molecule has 0 aromatic heterocycles. The number of carboxylic acid groups (broad SMARTS) is 2. The van der Waals surface area contributed by atoms with Gasteiger partial charge in [-0.25, -0.2) is 4.79 Å². The second kappa shape index (κ2) is 12.7. The molecule has 0 aliphatic heterocycles. The molecule has 13 nitrogen and oxygen atoms in total. The minimum absolute atomic E-state index is 0.0219. The first kappa shape index (κ1) is 26.2. The summed E-state index contributed by atoms with van der Waals surface area (Å²) >= 11 is 0. The number of aliphatic carboxylic acids is 2. The van der Waals surface area contributed by atoms with E-state index in [-0.39, 0.29) is 37.5 Å². The van der Waals surface area contributed by atoms with Crippen molar-refractivity contribution in [1.82, 2.24) is 10.6 Å². The molecule has 0 radical (unpaired) electrons. The molecule has 3 unspecified atom stereocenters. The quantitative estimate of drug-likeness (QED) is 0.0915. The Morgan fingerprint density at radius 2 is 1.56 bits per heavy atom. The second-order valence-electron chi connectivity index (χ2n) is 6.98. The number of nitrogens with zero attached hydrogens (tertiary/aromatic N) is 1. The molecule has 2 amide bonds. The minimum Gasteiger partial charge on any atom is -0.508 e. The number of guanidine groups is 1. The third kappa shape index (κ3) is 9.75. The van der Waals surface area contributed by atoms with Gasteiger partial charge in [-0.3, -0.25) is 19.4 Å². The van der Waals surface area contributed by atoms with Crippen LogP contribution in [0.3, 0.4) is 0 Å². The summed E-state index contributed by atoms with van der Waals surface area (Å²) in [6.07, 6.45) is -0.492. The van der Waals surface area contributed by atoms with E-state index in [1.807, 2.05) is 0 Å². The number of benzene rings is 1. The molecule has 0 fully saturated rings. The van der Waals surface area contributed by atoms with Crippen LogP contribution in [-0.4, -0.2) is 69.7 Å². The SMILES string of the molecule is NC(N)=NCCCC(NC(=O)C(CC(=O)O)NC(=O)C(N)Cc1ccc(O)cc1)C(=O)O. The van der Waals surface area contributed by atoms with Crippen molar-refractivity contribution < 1.29 is 34.5 Å². The van der Waals surface area contributed by atoms with Gasteiger partial charge in [-0.05, 0) is 37.0 Å². The molecule has 1 aromatic rings. The van der Waals surface area contributed by atoms with Crippen LogP contribution in [0.5, 0.6) is 5.75 Å². The first-order valence-electron chi connectivity index (χ1n) is 9.63. The van der Waals surface area contributed by atoms with Crippen molar-refractivity contribution in [3.05, 3.63) is 29.8 Å². The Hall–Kier alpha value is -3.87. The van der Waals surface area contributed by atoms with Gasteiger partial charge in [0, 0.05) is 6.54 Å². The minimum atomic E-state index is -1.54. The molecule has 13 heteroatoms. The van der Waals surface area contributed by atoms with Crippen LogP contribution in [0.2, 0.25) is 0 Å². The molecular formula is C19H28N6O7. The fourth-order valence-electron chi connectivity index (χ4n) is 2.67. The zero-order valence-corrected chi connectivity index (χ0v) is 17.2. The fourth-order valence-corrected chi connectivity index (χ4v) is 2.67. The van der Waals surface area contributed by atoms with Gasteiger partial charge in [0.05, 0.1) is 12.5 Å². The number of hydrogen-bond donors (Lipinski definition) is 8. The number of carboxylic acids is 2. The summed E-state index contributed by atoms with van der Waals surface area (Å²) in [4.78, 5) is 51.2. The highest BCUT2D eigenvalue weighted by molar-refractivity contribution is 5.94. The van der Waals surface area contributed by atoms with Gasteiger partial charge in [-0.1, -0.05) is 12.1 Å². The average molecular weight is 452 g/mol. The number of nitrogens with one attached hydrogen (secondary N) is 2. The van der Waals surface area contributed by atoms with E-state index in [2.05, 4.69) is 15.6 Å². The molecule has 0 bridgehead atoms. The van der Waals surface area contributed by atoms with Crippen LogP contribution in [-0.2, 0) is 25.6 Å². The van der Waals surface area contributed by atoms with E-state index in [4.69, 9.17) is 22.3 Å². The van der Waals surface area contributed by atoms with E-state index in [1.54, 1.807) is 12.1 Å². The molecule has 1 rings (SSSR count). The van der Waals surface area contributed by atoms with Gasteiger partial charge < -0.3 is 43.2 Å². The Bertz CT molecular complexity index is 839. The number of rotatable bonds is 13. The highest BCUT2D eigenvalue weighted by Crippen LogP contribution is 2.11. The highest BCUT2D eigenvalue weighted by Gasteiger charge is 2.29. The van der Waals surface area contributed by atoms with Gasteiger partial charge in [0.15, 0.2) is 5.96 Å². The first-order valence-corrected chi connectivity index (χ1v) is 9.63. The number of carbonyl (C=O) groups excluding carboxylic acids is 2. The van der Waals surface area contributed by atoms with Crippen molar-refractivity contribution in [2.24, 2.45) is 22.2 Å². The van der Waals surface area contributed by atoms with E-state index in [0.29, 0.717) is 5.56 Å². The molecule has 1 aromatic carbocycles. The lowest BCUT2D eigenvalue weighted by Crippen LogP contribution is -2.55. The van der Waals surface area contributed by atoms with Crippen LogP contribution in [0.4, 0.5) is 0 Å². The smallest absolute Gasteiger partial charge is 0.326 e. The number of phenols is 1. The Morgan fingerprint density at radius 1 is 0.969 bits per heavy atom. The zero-order chi connectivity index (χ0) is 24.3. The predicted molar refractivity (Wildman–Crippen MR) is 113 cm³/mol. The Morgan fingerprint density at radius 3 is 2.09 bits per heavy atom. The summed E-state index contributed by atoms with van der Waals surface area (Å²) in [5.74, 6) is -4.61. The molecular weight excluding hydrogens is 424 g/mol. The molecule has 0 aliphatic carbocycles. The molecule has 0 spiro atoms. The molecule has 0 aliphatic rings. The number of aromatic hydroxyl groups is 1. The van der Waals surface area contributed by atoms with Crippen molar-refractivity contribution in [2.75, 3.05) is 6.54 Å². The van der Waals surface area contributed by atoms with Crippen LogP contribution < -0.4 is 27.8 Å². The van der Waals surface area contributed by atoms with E-state index >= 15 is 0 Å².